The molecule has 1 heterocycles. The first-order chi connectivity index (χ1) is 9.94. The van der Waals surface area contributed by atoms with Crippen molar-refractivity contribution >= 4 is 5.69 Å². The normalized spacial score (nSPS) is 17.2. The molecule has 1 aromatic heterocycles. The molecule has 1 aliphatic rings. The largest absolute Gasteiger partial charge is 0.489 e. The van der Waals surface area contributed by atoms with E-state index in [1.807, 2.05) is 0 Å². The standard InChI is InChI=1S/C13H10F2N2O4/c14-13(15)6-9(7-13)21-11-5-8(17(18)19)1-2-10(11)12-16-3-4-20-12/h1-5,9H,6-7H2. The van der Waals surface area contributed by atoms with Crippen LogP contribution in [0.2, 0.25) is 0 Å². The van der Waals surface area contributed by atoms with E-state index >= 15 is 0 Å². The van der Waals surface area contributed by atoms with E-state index in [2.05, 4.69) is 4.98 Å². The number of alkyl halides is 2. The fourth-order valence-corrected chi connectivity index (χ4v) is 2.12. The van der Waals surface area contributed by atoms with Gasteiger partial charge in [0.2, 0.25) is 5.89 Å². The average Bonchev–Trinajstić information content (AvgIpc) is 2.90. The molecular formula is C13H10F2N2O4. The van der Waals surface area contributed by atoms with Crippen molar-refractivity contribution in [1.29, 1.82) is 0 Å². The first-order valence-electron chi connectivity index (χ1n) is 6.17. The molecule has 0 unspecified atom stereocenters. The van der Waals surface area contributed by atoms with Gasteiger partial charge in [0.1, 0.15) is 18.1 Å². The number of ether oxygens (including phenoxy) is 1. The third-order valence-electron chi connectivity index (χ3n) is 3.19. The molecule has 0 N–H and O–H groups in total. The fraction of sp³-hybridized carbons (Fsp3) is 0.308. The van der Waals surface area contributed by atoms with Crippen LogP contribution in [0.1, 0.15) is 12.8 Å². The number of benzene rings is 1. The maximum Gasteiger partial charge on any atom is 0.273 e. The number of nitrogens with zero attached hydrogens (tertiary/aromatic N) is 2. The van der Waals surface area contributed by atoms with Gasteiger partial charge in [0.15, 0.2) is 0 Å². The number of rotatable bonds is 4. The summed E-state index contributed by atoms with van der Waals surface area (Å²) in [5, 5.41) is 10.8. The molecule has 0 spiro atoms. The molecule has 0 radical (unpaired) electrons. The number of nitro groups is 1. The third kappa shape index (κ3) is 2.69. The van der Waals surface area contributed by atoms with Gasteiger partial charge in [-0.2, -0.15) is 0 Å². The van der Waals surface area contributed by atoms with E-state index < -0.39 is 29.8 Å². The van der Waals surface area contributed by atoms with Crippen LogP contribution in [0.5, 0.6) is 5.75 Å². The van der Waals surface area contributed by atoms with Gasteiger partial charge in [-0.15, -0.1) is 0 Å². The van der Waals surface area contributed by atoms with Crippen LogP contribution >= 0.6 is 0 Å². The van der Waals surface area contributed by atoms with Gasteiger partial charge < -0.3 is 9.15 Å². The molecule has 0 saturated heterocycles. The lowest BCUT2D eigenvalue weighted by Gasteiger charge is -2.35. The van der Waals surface area contributed by atoms with Crippen molar-refractivity contribution in [2.75, 3.05) is 0 Å². The number of nitro benzene ring substituents is 1. The second kappa shape index (κ2) is 4.80. The Labute approximate surface area is 117 Å². The lowest BCUT2D eigenvalue weighted by atomic mass is 9.91. The van der Waals surface area contributed by atoms with Crippen LogP contribution in [-0.4, -0.2) is 21.9 Å². The minimum Gasteiger partial charge on any atom is -0.489 e. The molecule has 21 heavy (non-hydrogen) atoms. The molecule has 110 valence electrons. The van der Waals surface area contributed by atoms with Gasteiger partial charge in [-0.05, 0) is 6.07 Å². The van der Waals surface area contributed by atoms with Crippen LogP contribution in [0.3, 0.4) is 0 Å². The predicted molar refractivity (Wildman–Crippen MR) is 67.2 cm³/mol. The first kappa shape index (κ1) is 13.5. The van der Waals surface area contributed by atoms with Gasteiger partial charge in [0, 0.05) is 18.9 Å². The summed E-state index contributed by atoms with van der Waals surface area (Å²) in [7, 11) is 0. The van der Waals surface area contributed by atoms with Crippen molar-refractivity contribution in [3.63, 3.8) is 0 Å². The van der Waals surface area contributed by atoms with E-state index in [4.69, 9.17) is 9.15 Å². The van der Waals surface area contributed by atoms with E-state index in [0.29, 0.717) is 5.56 Å². The van der Waals surface area contributed by atoms with Crippen molar-refractivity contribution in [2.45, 2.75) is 24.9 Å². The number of aromatic nitrogens is 1. The Morgan fingerprint density at radius 2 is 2.19 bits per heavy atom. The van der Waals surface area contributed by atoms with Crippen LogP contribution in [-0.2, 0) is 0 Å². The summed E-state index contributed by atoms with van der Waals surface area (Å²) in [5.74, 6) is -2.40. The second-order valence-electron chi connectivity index (χ2n) is 4.78. The SMILES string of the molecule is O=[N+]([O-])c1ccc(-c2ncco2)c(OC2CC(F)(F)C2)c1. The number of oxazole rings is 1. The quantitative estimate of drug-likeness (QED) is 0.638. The Kier molecular flexibility index (Phi) is 3.08. The van der Waals surface area contributed by atoms with Gasteiger partial charge in [-0.1, -0.05) is 0 Å². The molecule has 0 atom stereocenters. The van der Waals surface area contributed by atoms with Crippen molar-refractivity contribution in [3.8, 4) is 17.2 Å². The van der Waals surface area contributed by atoms with E-state index in [0.717, 1.165) is 0 Å². The molecule has 0 bridgehead atoms. The highest BCUT2D eigenvalue weighted by atomic mass is 19.3. The van der Waals surface area contributed by atoms with Gasteiger partial charge in [0.05, 0.1) is 22.7 Å². The molecule has 6 nitrogen and oxygen atoms in total. The van der Waals surface area contributed by atoms with Crippen molar-refractivity contribution in [1.82, 2.24) is 4.98 Å². The van der Waals surface area contributed by atoms with Crippen LogP contribution in [0.4, 0.5) is 14.5 Å². The number of hydrogen-bond acceptors (Lipinski definition) is 5. The van der Waals surface area contributed by atoms with Gasteiger partial charge in [-0.25, -0.2) is 13.8 Å². The van der Waals surface area contributed by atoms with E-state index in [1.165, 1.54) is 30.7 Å². The van der Waals surface area contributed by atoms with Crippen molar-refractivity contribution in [2.24, 2.45) is 0 Å². The third-order valence-corrected chi connectivity index (χ3v) is 3.19. The fourth-order valence-electron chi connectivity index (χ4n) is 2.12. The molecule has 1 saturated carbocycles. The van der Waals surface area contributed by atoms with Gasteiger partial charge >= 0.3 is 0 Å². The molecule has 3 rings (SSSR count). The average molecular weight is 296 g/mol. The highest BCUT2D eigenvalue weighted by Crippen LogP contribution is 2.42. The van der Waals surface area contributed by atoms with E-state index in [-0.39, 0.29) is 17.3 Å². The zero-order valence-electron chi connectivity index (χ0n) is 10.7. The lowest BCUT2D eigenvalue weighted by Crippen LogP contribution is -2.43. The molecular weight excluding hydrogens is 286 g/mol. The van der Waals surface area contributed by atoms with E-state index in [1.54, 1.807) is 0 Å². The first-order valence-corrected chi connectivity index (χ1v) is 6.17. The Balaban J connectivity index is 1.91. The molecule has 8 heteroatoms. The number of hydrogen-bond donors (Lipinski definition) is 0. The molecule has 1 aromatic carbocycles. The van der Waals surface area contributed by atoms with E-state index in [9.17, 15) is 18.9 Å². The summed E-state index contributed by atoms with van der Waals surface area (Å²) in [6.45, 7) is 0. The lowest BCUT2D eigenvalue weighted by molar-refractivity contribution is -0.384. The smallest absolute Gasteiger partial charge is 0.273 e. The highest BCUT2D eigenvalue weighted by molar-refractivity contribution is 5.65. The van der Waals surface area contributed by atoms with Gasteiger partial charge in [-0.3, -0.25) is 10.1 Å². The maximum absolute atomic E-state index is 12.9. The Hall–Kier alpha value is -2.51. The molecule has 0 amide bonds. The summed E-state index contributed by atoms with van der Waals surface area (Å²) in [6, 6.07) is 3.90. The number of non-ortho nitro benzene ring substituents is 1. The van der Waals surface area contributed by atoms with Crippen LogP contribution < -0.4 is 4.74 Å². The predicted octanol–water partition coefficient (Wildman–Crippen LogP) is 3.43. The summed E-state index contributed by atoms with van der Waals surface area (Å²) >= 11 is 0. The maximum atomic E-state index is 12.9. The Morgan fingerprint density at radius 1 is 1.43 bits per heavy atom. The zero-order valence-corrected chi connectivity index (χ0v) is 10.7. The minimum atomic E-state index is -2.73. The Morgan fingerprint density at radius 3 is 2.76 bits per heavy atom. The van der Waals surface area contributed by atoms with Gasteiger partial charge in [0.25, 0.3) is 11.6 Å². The van der Waals surface area contributed by atoms with Crippen molar-refractivity contribution < 1.29 is 22.9 Å². The van der Waals surface area contributed by atoms with Crippen molar-refractivity contribution in [3.05, 3.63) is 40.8 Å². The highest BCUT2D eigenvalue weighted by Gasteiger charge is 2.47. The molecule has 2 aromatic rings. The van der Waals surface area contributed by atoms with Crippen LogP contribution in [0.25, 0.3) is 11.5 Å². The minimum absolute atomic E-state index is 0.118. The Bertz CT molecular complexity index is 665. The molecule has 0 aliphatic heterocycles. The molecule has 1 fully saturated rings. The second-order valence-corrected chi connectivity index (χ2v) is 4.78. The van der Waals surface area contributed by atoms with Crippen LogP contribution in [0.15, 0.2) is 35.1 Å². The topological polar surface area (TPSA) is 78.4 Å². The molecule has 1 aliphatic carbocycles. The zero-order chi connectivity index (χ0) is 15.0. The number of halogens is 2. The summed E-state index contributed by atoms with van der Waals surface area (Å²) < 4.78 is 36.3. The summed E-state index contributed by atoms with van der Waals surface area (Å²) in [5.41, 5.74) is 0.201. The van der Waals surface area contributed by atoms with Crippen LogP contribution in [0, 0.1) is 10.1 Å². The summed E-state index contributed by atoms with van der Waals surface area (Å²) in [6.07, 6.45) is 1.29. The summed E-state index contributed by atoms with van der Waals surface area (Å²) in [4.78, 5) is 14.2. The monoisotopic (exact) mass is 296 g/mol.